The predicted molar refractivity (Wildman–Crippen MR) is 76.1 cm³/mol. The summed E-state index contributed by atoms with van der Waals surface area (Å²) in [5.74, 6) is -1.73. The smallest absolute Gasteiger partial charge is 0.375 e. The zero-order valence-electron chi connectivity index (χ0n) is 12.7. The van der Waals surface area contributed by atoms with E-state index in [2.05, 4.69) is 14.7 Å². The zero-order chi connectivity index (χ0) is 17.3. The van der Waals surface area contributed by atoms with Gasteiger partial charge in [0.05, 0.1) is 12.7 Å². The molecule has 9 heteroatoms. The number of amides is 1. The van der Waals surface area contributed by atoms with E-state index in [0.29, 0.717) is 30.8 Å². The number of halogens is 3. The van der Waals surface area contributed by atoms with Crippen LogP contribution in [0.3, 0.4) is 0 Å². The number of hydrogen-bond acceptors (Lipinski definition) is 5. The summed E-state index contributed by atoms with van der Waals surface area (Å²) in [6.07, 6.45) is -4.71. The van der Waals surface area contributed by atoms with Crippen LogP contribution in [0, 0.1) is 0 Å². The Labute approximate surface area is 135 Å². The van der Waals surface area contributed by atoms with Gasteiger partial charge in [0.15, 0.2) is 0 Å². The number of hydrogen-bond donors (Lipinski definition) is 0. The van der Waals surface area contributed by atoms with Gasteiger partial charge < -0.3 is 14.2 Å². The molecule has 1 atom stereocenters. The van der Waals surface area contributed by atoms with Crippen LogP contribution < -0.4 is 0 Å². The fourth-order valence-electron chi connectivity index (χ4n) is 2.40. The highest BCUT2D eigenvalue weighted by Crippen LogP contribution is 2.29. The van der Waals surface area contributed by atoms with Crippen molar-refractivity contribution in [3.8, 4) is 11.4 Å². The minimum absolute atomic E-state index is 0.0258. The van der Waals surface area contributed by atoms with Gasteiger partial charge in [-0.25, -0.2) is 0 Å². The zero-order valence-corrected chi connectivity index (χ0v) is 12.7. The Bertz CT molecular complexity index is 728. The van der Waals surface area contributed by atoms with E-state index < -0.39 is 12.1 Å². The Balaban J connectivity index is 1.75. The summed E-state index contributed by atoms with van der Waals surface area (Å²) in [5.41, 5.74) is 0.772. The SMILES string of the molecule is CC1CN(C(=O)c2ccc(-c3noc(C(F)(F)F)n3)cc2)CCO1. The topological polar surface area (TPSA) is 68.5 Å². The van der Waals surface area contributed by atoms with Crippen molar-refractivity contribution in [3.63, 3.8) is 0 Å². The Morgan fingerprint density at radius 3 is 2.58 bits per heavy atom. The molecule has 1 aromatic heterocycles. The molecule has 1 saturated heterocycles. The van der Waals surface area contributed by atoms with E-state index in [1.807, 2.05) is 6.92 Å². The van der Waals surface area contributed by atoms with Gasteiger partial charge in [0.25, 0.3) is 5.91 Å². The van der Waals surface area contributed by atoms with Gasteiger partial charge in [0.2, 0.25) is 5.82 Å². The van der Waals surface area contributed by atoms with Crippen molar-refractivity contribution >= 4 is 5.91 Å². The van der Waals surface area contributed by atoms with Crippen LogP contribution in [0.4, 0.5) is 13.2 Å². The second kappa shape index (κ2) is 6.23. The molecule has 0 N–H and O–H groups in total. The number of nitrogens with zero attached hydrogens (tertiary/aromatic N) is 3. The van der Waals surface area contributed by atoms with Gasteiger partial charge in [-0.05, 0) is 19.1 Å². The molecule has 1 aliphatic rings. The molecular formula is C15H14F3N3O3. The van der Waals surface area contributed by atoms with Crippen molar-refractivity contribution in [1.82, 2.24) is 15.0 Å². The first-order valence-corrected chi connectivity index (χ1v) is 7.27. The minimum atomic E-state index is -4.69. The molecule has 128 valence electrons. The van der Waals surface area contributed by atoms with Crippen LogP contribution in [-0.2, 0) is 10.9 Å². The van der Waals surface area contributed by atoms with Gasteiger partial charge in [-0.2, -0.15) is 18.2 Å². The number of rotatable bonds is 2. The molecule has 24 heavy (non-hydrogen) atoms. The third kappa shape index (κ3) is 3.40. The molecule has 3 rings (SSSR count). The predicted octanol–water partition coefficient (Wildman–Crippen LogP) is 2.62. The lowest BCUT2D eigenvalue weighted by molar-refractivity contribution is -0.159. The van der Waals surface area contributed by atoms with E-state index in [1.54, 1.807) is 4.90 Å². The first kappa shape index (κ1) is 16.4. The van der Waals surface area contributed by atoms with Crippen molar-refractivity contribution in [2.24, 2.45) is 0 Å². The first-order chi connectivity index (χ1) is 11.3. The summed E-state index contributed by atoms with van der Waals surface area (Å²) >= 11 is 0. The maximum atomic E-state index is 12.5. The third-order valence-corrected chi connectivity index (χ3v) is 3.59. The molecule has 0 aliphatic carbocycles. The van der Waals surface area contributed by atoms with Crippen LogP contribution in [0.15, 0.2) is 28.8 Å². The van der Waals surface area contributed by atoms with Crippen molar-refractivity contribution in [2.45, 2.75) is 19.2 Å². The summed E-state index contributed by atoms with van der Waals surface area (Å²) < 4.78 is 47.0. The standard InChI is InChI=1S/C15H14F3N3O3/c1-9-8-21(6-7-23-9)13(22)11-4-2-10(3-5-11)12-19-14(24-20-12)15(16,17)18/h2-5,9H,6-8H2,1H3. The first-order valence-electron chi connectivity index (χ1n) is 7.27. The molecule has 1 amide bonds. The molecule has 0 spiro atoms. The van der Waals surface area contributed by atoms with Crippen molar-refractivity contribution in [3.05, 3.63) is 35.7 Å². The molecular weight excluding hydrogens is 327 g/mol. The fourth-order valence-corrected chi connectivity index (χ4v) is 2.40. The number of ether oxygens (including phenoxy) is 1. The molecule has 0 saturated carbocycles. The number of carbonyl (C=O) groups is 1. The summed E-state index contributed by atoms with van der Waals surface area (Å²) in [6.45, 7) is 3.37. The number of benzene rings is 1. The summed E-state index contributed by atoms with van der Waals surface area (Å²) in [7, 11) is 0. The molecule has 1 aliphatic heterocycles. The van der Waals surface area contributed by atoms with E-state index in [9.17, 15) is 18.0 Å². The highest BCUT2D eigenvalue weighted by molar-refractivity contribution is 5.94. The second-order valence-corrected chi connectivity index (χ2v) is 5.43. The van der Waals surface area contributed by atoms with E-state index in [0.717, 1.165) is 0 Å². The van der Waals surface area contributed by atoms with E-state index in [1.165, 1.54) is 24.3 Å². The third-order valence-electron chi connectivity index (χ3n) is 3.59. The van der Waals surface area contributed by atoms with Gasteiger partial charge in [-0.15, -0.1) is 0 Å². The highest BCUT2D eigenvalue weighted by atomic mass is 19.4. The van der Waals surface area contributed by atoms with E-state index in [-0.39, 0.29) is 17.8 Å². The van der Waals surface area contributed by atoms with Gasteiger partial charge in [0.1, 0.15) is 0 Å². The van der Waals surface area contributed by atoms with Crippen LogP contribution >= 0.6 is 0 Å². The lowest BCUT2D eigenvalue weighted by Gasteiger charge is -2.31. The van der Waals surface area contributed by atoms with E-state index in [4.69, 9.17) is 4.74 Å². The summed E-state index contributed by atoms with van der Waals surface area (Å²) in [6, 6.07) is 6.03. The van der Waals surface area contributed by atoms with E-state index >= 15 is 0 Å². The Kier molecular flexibility index (Phi) is 4.27. The molecule has 6 nitrogen and oxygen atoms in total. The van der Waals surface area contributed by atoms with Crippen molar-refractivity contribution in [2.75, 3.05) is 19.7 Å². The summed E-state index contributed by atoms with van der Waals surface area (Å²) in [5, 5.41) is 3.31. The number of carbonyl (C=O) groups excluding carboxylic acids is 1. The molecule has 2 aromatic rings. The van der Waals surface area contributed by atoms with Crippen LogP contribution in [-0.4, -0.2) is 46.7 Å². The molecule has 1 aromatic carbocycles. The largest absolute Gasteiger partial charge is 0.471 e. The molecule has 1 fully saturated rings. The Hall–Kier alpha value is -2.42. The van der Waals surface area contributed by atoms with Crippen LogP contribution in [0.1, 0.15) is 23.2 Å². The average Bonchev–Trinajstić information content (AvgIpc) is 3.04. The second-order valence-electron chi connectivity index (χ2n) is 5.43. The van der Waals surface area contributed by atoms with Crippen LogP contribution in [0.2, 0.25) is 0 Å². The minimum Gasteiger partial charge on any atom is -0.375 e. The molecule has 0 radical (unpaired) electrons. The maximum Gasteiger partial charge on any atom is 0.471 e. The summed E-state index contributed by atoms with van der Waals surface area (Å²) in [4.78, 5) is 17.4. The fraction of sp³-hybridized carbons (Fsp3) is 0.400. The van der Waals surface area contributed by atoms with Gasteiger partial charge >= 0.3 is 12.1 Å². The highest BCUT2D eigenvalue weighted by Gasteiger charge is 2.38. The van der Waals surface area contributed by atoms with Crippen LogP contribution in [0.5, 0.6) is 0 Å². The lowest BCUT2D eigenvalue weighted by atomic mass is 10.1. The van der Waals surface area contributed by atoms with Crippen LogP contribution in [0.25, 0.3) is 11.4 Å². The normalized spacial score (nSPS) is 18.7. The number of aromatic nitrogens is 2. The van der Waals surface area contributed by atoms with Gasteiger partial charge in [-0.1, -0.05) is 17.3 Å². The van der Waals surface area contributed by atoms with Gasteiger partial charge in [0, 0.05) is 24.2 Å². The number of morpholine rings is 1. The van der Waals surface area contributed by atoms with Crippen molar-refractivity contribution < 1.29 is 27.2 Å². The molecule has 2 heterocycles. The lowest BCUT2D eigenvalue weighted by Crippen LogP contribution is -2.44. The molecule has 1 unspecified atom stereocenters. The Morgan fingerprint density at radius 2 is 2.00 bits per heavy atom. The quantitative estimate of drug-likeness (QED) is 0.840. The monoisotopic (exact) mass is 341 g/mol. The average molecular weight is 341 g/mol. The molecule has 0 bridgehead atoms. The van der Waals surface area contributed by atoms with Crippen molar-refractivity contribution in [1.29, 1.82) is 0 Å². The Morgan fingerprint density at radius 1 is 1.29 bits per heavy atom. The number of alkyl halides is 3. The maximum absolute atomic E-state index is 12.5. The van der Waals surface area contributed by atoms with Gasteiger partial charge in [-0.3, -0.25) is 4.79 Å².